The number of H-pyrrole nitrogens is 1. The van der Waals surface area contributed by atoms with Crippen LogP contribution in [0.2, 0.25) is 0 Å². The van der Waals surface area contributed by atoms with Gasteiger partial charge in [0.1, 0.15) is 23.8 Å². The molecule has 0 atom stereocenters. The smallest absolute Gasteiger partial charge is 0.270 e. The molecule has 3 aromatic heterocycles. The lowest BCUT2D eigenvalue weighted by Gasteiger charge is -2.38. The third-order valence-electron chi connectivity index (χ3n) is 5.14. The molecule has 0 aliphatic carbocycles. The Balaban J connectivity index is 0.000000260. The van der Waals surface area contributed by atoms with Crippen LogP contribution in [0, 0.1) is 0 Å². The molecule has 0 aromatic carbocycles. The number of ether oxygens (including phenoxy) is 1. The Kier molecular flexibility index (Phi) is 6.71. The number of hydrogen-bond acceptors (Lipinski definition) is 7. The number of hydrogen-bond donors (Lipinski definition) is 2. The van der Waals surface area contributed by atoms with Crippen LogP contribution in [-0.4, -0.2) is 73.5 Å². The van der Waals surface area contributed by atoms with Crippen LogP contribution in [-0.2, 0) is 0 Å². The minimum atomic E-state index is -0.0401. The second kappa shape index (κ2) is 10.0. The summed E-state index contributed by atoms with van der Waals surface area (Å²) in [4.78, 5) is 39.8. The van der Waals surface area contributed by atoms with E-state index in [1.165, 1.54) is 17.8 Å². The highest BCUT2D eigenvalue weighted by Crippen LogP contribution is 2.27. The van der Waals surface area contributed by atoms with E-state index in [1.807, 2.05) is 6.07 Å². The lowest BCUT2D eigenvalue weighted by molar-refractivity contribution is 0.0153. The fourth-order valence-corrected chi connectivity index (χ4v) is 3.38. The van der Waals surface area contributed by atoms with Gasteiger partial charge in [-0.25, -0.2) is 15.0 Å². The summed E-state index contributed by atoms with van der Waals surface area (Å²) in [5.41, 5.74) is 2.58. The topological polar surface area (TPSA) is 118 Å². The van der Waals surface area contributed by atoms with Crippen LogP contribution in [0.25, 0.3) is 5.57 Å². The fourth-order valence-electron chi connectivity index (χ4n) is 3.38. The van der Waals surface area contributed by atoms with Crippen molar-refractivity contribution >= 4 is 17.4 Å². The van der Waals surface area contributed by atoms with E-state index in [1.54, 1.807) is 42.0 Å². The van der Waals surface area contributed by atoms with E-state index in [2.05, 4.69) is 31.3 Å². The molecule has 5 rings (SSSR count). The molecule has 0 bridgehead atoms. The van der Waals surface area contributed by atoms with E-state index < -0.39 is 0 Å². The molecule has 32 heavy (non-hydrogen) atoms. The molecule has 0 unspecified atom stereocenters. The molecule has 0 radical (unpaired) electrons. The second-order valence-electron chi connectivity index (χ2n) is 7.42. The standard InChI is InChI=1S/C17H19N5O2.C5H6N2O/c23-17(14-2-1-5-19-14)22-10-13(11-22)24-16-15(20-8-9-21-16)12-3-6-18-7-4-12;1-5(8)7-3-2-6-4-7/h1-3,5,8-9,13,18-19H,4,6-7,10-11H2;2-4H,1H3. The summed E-state index contributed by atoms with van der Waals surface area (Å²) in [5, 5.41) is 3.29. The van der Waals surface area contributed by atoms with Crippen molar-refractivity contribution in [2.24, 2.45) is 0 Å². The fraction of sp³-hybridized carbons (Fsp3) is 0.318. The number of carbonyl (C=O) groups excluding carboxylic acids is 2. The maximum atomic E-state index is 12.2. The maximum Gasteiger partial charge on any atom is 0.270 e. The molecular weight excluding hydrogens is 410 g/mol. The predicted octanol–water partition coefficient (Wildman–Crippen LogP) is 1.63. The van der Waals surface area contributed by atoms with Gasteiger partial charge in [0.05, 0.1) is 13.1 Å². The number of nitrogens with one attached hydrogen (secondary N) is 2. The number of nitrogens with zero attached hydrogens (tertiary/aromatic N) is 5. The van der Waals surface area contributed by atoms with Gasteiger partial charge in [-0.3, -0.25) is 14.2 Å². The summed E-state index contributed by atoms with van der Waals surface area (Å²) in [5.74, 6) is 0.547. The van der Waals surface area contributed by atoms with Crippen LogP contribution >= 0.6 is 0 Å². The number of amides is 1. The molecule has 2 aliphatic heterocycles. The summed E-state index contributed by atoms with van der Waals surface area (Å²) in [7, 11) is 0. The van der Waals surface area contributed by atoms with Gasteiger partial charge in [0.2, 0.25) is 11.8 Å². The SMILES string of the molecule is CC(=O)n1ccnc1.O=C(c1ccc[nH]1)N1CC(Oc2nccnc2C2=CCNCC2)C1. The van der Waals surface area contributed by atoms with Gasteiger partial charge >= 0.3 is 0 Å². The molecule has 1 fully saturated rings. The van der Waals surface area contributed by atoms with E-state index in [4.69, 9.17) is 4.74 Å². The van der Waals surface area contributed by atoms with Crippen molar-refractivity contribution in [3.63, 3.8) is 0 Å². The average Bonchev–Trinajstić information content (AvgIpc) is 3.51. The van der Waals surface area contributed by atoms with E-state index in [0.717, 1.165) is 30.8 Å². The lowest BCUT2D eigenvalue weighted by Crippen LogP contribution is -2.56. The number of imidazole rings is 1. The molecule has 0 spiro atoms. The molecule has 166 valence electrons. The Labute approximate surface area is 185 Å². The van der Waals surface area contributed by atoms with Gasteiger partial charge in [0.25, 0.3) is 5.91 Å². The first-order valence-corrected chi connectivity index (χ1v) is 10.4. The van der Waals surface area contributed by atoms with Crippen molar-refractivity contribution in [3.05, 3.63) is 66.9 Å². The Hall–Kier alpha value is -3.79. The van der Waals surface area contributed by atoms with Crippen molar-refractivity contribution in [1.29, 1.82) is 0 Å². The average molecular weight is 435 g/mol. The number of carbonyl (C=O) groups is 2. The monoisotopic (exact) mass is 435 g/mol. The van der Waals surface area contributed by atoms with Gasteiger partial charge in [-0.1, -0.05) is 6.08 Å². The molecule has 10 heteroatoms. The minimum absolute atomic E-state index is 0.000262. The summed E-state index contributed by atoms with van der Waals surface area (Å²) in [6, 6.07) is 3.60. The van der Waals surface area contributed by atoms with Crippen LogP contribution in [0.15, 0.2) is 55.5 Å². The number of likely N-dealkylation sites (tertiary alicyclic amines) is 1. The summed E-state index contributed by atoms with van der Waals surface area (Å²) in [6.07, 6.45) is 12.7. The third kappa shape index (κ3) is 5.09. The van der Waals surface area contributed by atoms with E-state index in [-0.39, 0.29) is 17.9 Å². The third-order valence-corrected chi connectivity index (χ3v) is 5.14. The molecule has 10 nitrogen and oxygen atoms in total. The van der Waals surface area contributed by atoms with Crippen molar-refractivity contribution in [2.45, 2.75) is 19.4 Å². The van der Waals surface area contributed by atoms with Gasteiger partial charge in [0, 0.05) is 44.5 Å². The van der Waals surface area contributed by atoms with Crippen LogP contribution in [0.3, 0.4) is 0 Å². The highest BCUT2D eigenvalue weighted by Gasteiger charge is 2.34. The Morgan fingerprint density at radius 2 is 2.03 bits per heavy atom. The van der Waals surface area contributed by atoms with Crippen LogP contribution in [0.1, 0.15) is 34.3 Å². The van der Waals surface area contributed by atoms with Crippen molar-refractivity contribution in [3.8, 4) is 5.88 Å². The first kappa shape index (κ1) is 21.4. The summed E-state index contributed by atoms with van der Waals surface area (Å²) >= 11 is 0. The van der Waals surface area contributed by atoms with Crippen LogP contribution < -0.4 is 10.1 Å². The van der Waals surface area contributed by atoms with Crippen molar-refractivity contribution in [1.82, 2.24) is 34.7 Å². The molecule has 5 heterocycles. The van der Waals surface area contributed by atoms with Crippen LogP contribution in [0.5, 0.6) is 5.88 Å². The Morgan fingerprint density at radius 3 is 2.66 bits per heavy atom. The normalized spacial score (nSPS) is 15.8. The molecule has 2 N–H and O–H groups in total. The predicted molar refractivity (Wildman–Crippen MR) is 117 cm³/mol. The highest BCUT2D eigenvalue weighted by molar-refractivity contribution is 5.93. The van der Waals surface area contributed by atoms with E-state index >= 15 is 0 Å². The van der Waals surface area contributed by atoms with Gasteiger partial charge in [-0.2, -0.15) is 0 Å². The first-order valence-electron chi connectivity index (χ1n) is 10.4. The molecule has 2 aliphatic rings. The first-order chi connectivity index (χ1) is 15.6. The van der Waals surface area contributed by atoms with Gasteiger partial charge in [-0.05, 0) is 30.7 Å². The molecule has 0 saturated carbocycles. The zero-order valence-corrected chi connectivity index (χ0v) is 17.8. The molecular formula is C22H25N7O3. The number of aromatic amines is 1. The number of aromatic nitrogens is 5. The lowest BCUT2D eigenvalue weighted by atomic mass is 10.1. The Morgan fingerprint density at radius 1 is 1.19 bits per heavy atom. The van der Waals surface area contributed by atoms with Gasteiger partial charge < -0.3 is 19.9 Å². The maximum absolute atomic E-state index is 12.2. The van der Waals surface area contributed by atoms with E-state index in [9.17, 15) is 9.59 Å². The molecule has 1 saturated heterocycles. The second-order valence-corrected chi connectivity index (χ2v) is 7.42. The number of rotatable bonds is 4. The minimum Gasteiger partial charge on any atom is -0.469 e. The van der Waals surface area contributed by atoms with Gasteiger partial charge in [-0.15, -0.1) is 0 Å². The zero-order chi connectivity index (χ0) is 22.3. The molecule has 1 amide bonds. The zero-order valence-electron chi connectivity index (χ0n) is 17.8. The molecule has 3 aromatic rings. The van der Waals surface area contributed by atoms with Crippen LogP contribution in [0.4, 0.5) is 0 Å². The van der Waals surface area contributed by atoms with Crippen molar-refractivity contribution in [2.75, 3.05) is 26.2 Å². The summed E-state index contributed by atoms with van der Waals surface area (Å²) < 4.78 is 7.41. The van der Waals surface area contributed by atoms with Crippen molar-refractivity contribution < 1.29 is 14.3 Å². The summed E-state index contributed by atoms with van der Waals surface area (Å²) in [6.45, 7) is 4.39. The highest BCUT2D eigenvalue weighted by atomic mass is 16.5. The largest absolute Gasteiger partial charge is 0.469 e. The quantitative estimate of drug-likeness (QED) is 0.639. The Bertz CT molecular complexity index is 1070. The van der Waals surface area contributed by atoms with Gasteiger partial charge in [0.15, 0.2) is 0 Å². The van der Waals surface area contributed by atoms with E-state index in [0.29, 0.717) is 24.7 Å².